The Morgan fingerprint density at radius 3 is 2.52 bits per heavy atom. The second-order valence-electron chi connectivity index (χ2n) is 5.13. The summed E-state index contributed by atoms with van der Waals surface area (Å²) in [5.74, 6) is -0.426. The molecule has 23 heavy (non-hydrogen) atoms. The van der Waals surface area contributed by atoms with Gasteiger partial charge in [0.1, 0.15) is 0 Å². The van der Waals surface area contributed by atoms with Crippen molar-refractivity contribution in [2.24, 2.45) is 11.7 Å². The number of aromatic nitrogens is 2. The number of benzene rings is 1. The summed E-state index contributed by atoms with van der Waals surface area (Å²) in [4.78, 5) is 19.8. The van der Waals surface area contributed by atoms with Crippen molar-refractivity contribution in [3.05, 3.63) is 46.7 Å². The molecule has 1 aromatic carbocycles. The maximum absolute atomic E-state index is 12.2. The van der Waals surface area contributed by atoms with Crippen molar-refractivity contribution in [3.63, 3.8) is 0 Å². The van der Waals surface area contributed by atoms with Gasteiger partial charge in [-0.1, -0.05) is 41.9 Å². The van der Waals surface area contributed by atoms with Crippen LogP contribution in [0.2, 0.25) is 5.15 Å². The van der Waals surface area contributed by atoms with E-state index in [9.17, 15) is 4.79 Å². The fraction of sp³-hybridized carbons (Fsp3) is 0.267. The molecule has 2 aromatic rings. The second-order valence-corrected chi connectivity index (χ2v) is 5.49. The molecule has 8 heteroatoms. The van der Waals surface area contributed by atoms with Crippen LogP contribution in [0, 0.1) is 5.92 Å². The Bertz CT molecular complexity index is 679. The van der Waals surface area contributed by atoms with Crippen LogP contribution in [0.1, 0.15) is 16.1 Å². The molecule has 7 N–H and O–H groups in total. The SMILES string of the molecule is NC[C@H](CNC(=O)c1nc(Cl)c(N)nc1N)Cc1ccccc1. The van der Waals surface area contributed by atoms with Gasteiger partial charge in [0, 0.05) is 6.54 Å². The van der Waals surface area contributed by atoms with Crippen LogP contribution in [0.4, 0.5) is 11.6 Å². The van der Waals surface area contributed by atoms with Gasteiger partial charge in [0.05, 0.1) is 0 Å². The Hall–Kier alpha value is -2.38. The Balaban J connectivity index is 1.98. The number of carbonyl (C=O) groups is 1. The summed E-state index contributed by atoms with van der Waals surface area (Å²) in [7, 11) is 0. The first-order chi connectivity index (χ1) is 11.0. The molecule has 0 unspecified atom stereocenters. The van der Waals surface area contributed by atoms with Gasteiger partial charge in [-0.3, -0.25) is 4.79 Å². The quantitative estimate of drug-likeness (QED) is 0.618. The Kier molecular flexibility index (Phi) is 5.72. The number of rotatable bonds is 6. The molecule has 0 saturated heterocycles. The fourth-order valence-corrected chi connectivity index (χ4v) is 2.24. The van der Waals surface area contributed by atoms with E-state index in [1.54, 1.807) is 0 Å². The Morgan fingerprint density at radius 1 is 1.17 bits per heavy atom. The third-order valence-corrected chi connectivity index (χ3v) is 3.65. The van der Waals surface area contributed by atoms with E-state index in [1.165, 1.54) is 0 Å². The van der Waals surface area contributed by atoms with Crippen molar-refractivity contribution in [2.45, 2.75) is 6.42 Å². The van der Waals surface area contributed by atoms with Gasteiger partial charge >= 0.3 is 0 Å². The van der Waals surface area contributed by atoms with Crippen molar-refractivity contribution in [1.82, 2.24) is 15.3 Å². The summed E-state index contributed by atoms with van der Waals surface area (Å²) < 4.78 is 0. The molecule has 0 bridgehead atoms. The second kappa shape index (κ2) is 7.75. The number of nitrogens with one attached hydrogen (secondary N) is 1. The van der Waals surface area contributed by atoms with E-state index in [0.29, 0.717) is 13.1 Å². The standard InChI is InChI=1S/C15H19ClN6O/c16-12-14(19)22-13(18)11(21-12)15(23)20-8-10(7-17)6-9-4-2-1-3-5-9/h1-5,10H,6-8,17H2,(H,20,23)(H4,18,19,22)/t10-/m1/s1. The fourth-order valence-electron chi connectivity index (χ4n) is 2.12. The number of amides is 1. The van der Waals surface area contributed by atoms with E-state index < -0.39 is 5.91 Å². The van der Waals surface area contributed by atoms with Crippen molar-refractivity contribution in [2.75, 3.05) is 24.6 Å². The van der Waals surface area contributed by atoms with Crippen molar-refractivity contribution in [3.8, 4) is 0 Å². The molecule has 0 aliphatic carbocycles. The van der Waals surface area contributed by atoms with Crippen molar-refractivity contribution in [1.29, 1.82) is 0 Å². The molecule has 7 nitrogen and oxygen atoms in total. The summed E-state index contributed by atoms with van der Waals surface area (Å²) in [6.07, 6.45) is 0.765. The highest BCUT2D eigenvalue weighted by Crippen LogP contribution is 2.17. The van der Waals surface area contributed by atoms with Gasteiger partial charge in [-0.05, 0) is 24.4 Å². The summed E-state index contributed by atoms with van der Waals surface area (Å²) in [5, 5.41) is 2.70. The number of carbonyl (C=O) groups excluding carboxylic acids is 1. The van der Waals surface area contributed by atoms with Crippen molar-refractivity contribution < 1.29 is 4.79 Å². The molecule has 0 saturated carbocycles. The highest BCUT2D eigenvalue weighted by molar-refractivity contribution is 6.31. The minimum absolute atomic E-state index is 0.00960. The number of hydrogen-bond donors (Lipinski definition) is 4. The number of hydrogen-bond acceptors (Lipinski definition) is 6. The number of nitrogen functional groups attached to an aromatic ring is 2. The third-order valence-electron chi connectivity index (χ3n) is 3.37. The van der Waals surface area contributed by atoms with Crippen molar-refractivity contribution >= 4 is 29.1 Å². The van der Waals surface area contributed by atoms with E-state index in [2.05, 4.69) is 15.3 Å². The molecular formula is C15H19ClN6O. The van der Waals surface area contributed by atoms with Gasteiger partial charge in [-0.25, -0.2) is 9.97 Å². The molecule has 0 aliphatic rings. The van der Waals surface area contributed by atoms with Gasteiger partial charge in [0.15, 0.2) is 22.5 Å². The lowest BCUT2D eigenvalue weighted by atomic mass is 9.99. The van der Waals surface area contributed by atoms with E-state index in [4.69, 9.17) is 28.8 Å². The van der Waals surface area contributed by atoms with E-state index in [-0.39, 0.29) is 28.4 Å². The van der Waals surface area contributed by atoms with E-state index in [0.717, 1.165) is 12.0 Å². The zero-order valence-electron chi connectivity index (χ0n) is 12.5. The first-order valence-corrected chi connectivity index (χ1v) is 7.49. The molecule has 2 rings (SSSR count). The average Bonchev–Trinajstić information content (AvgIpc) is 2.55. The predicted molar refractivity (Wildman–Crippen MR) is 90.9 cm³/mol. The monoisotopic (exact) mass is 334 g/mol. The largest absolute Gasteiger partial charge is 0.382 e. The van der Waals surface area contributed by atoms with Gasteiger partial charge in [0.2, 0.25) is 0 Å². The van der Waals surface area contributed by atoms with Crippen LogP contribution in [0.25, 0.3) is 0 Å². The topological polar surface area (TPSA) is 133 Å². The molecule has 122 valence electrons. The summed E-state index contributed by atoms with van der Waals surface area (Å²) in [6, 6.07) is 9.93. The molecule has 0 aliphatic heterocycles. The minimum Gasteiger partial charge on any atom is -0.382 e. The van der Waals surface area contributed by atoms with Gasteiger partial charge in [-0.2, -0.15) is 0 Å². The van der Waals surface area contributed by atoms with Crippen LogP contribution in [-0.2, 0) is 6.42 Å². The number of halogens is 1. The smallest absolute Gasteiger partial charge is 0.273 e. The molecule has 0 radical (unpaired) electrons. The van der Waals surface area contributed by atoms with Crippen LogP contribution in [0.15, 0.2) is 30.3 Å². The molecule has 1 heterocycles. The number of nitrogens with two attached hydrogens (primary N) is 3. The van der Waals surface area contributed by atoms with E-state index in [1.807, 2.05) is 30.3 Å². The Labute approximate surface area is 139 Å². The van der Waals surface area contributed by atoms with Crippen LogP contribution in [-0.4, -0.2) is 29.0 Å². The molecule has 1 atom stereocenters. The zero-order valence-corrected chi connectivity index (χ0v) is 13.3. The molecule has 1 amide bonds. The number of nitrogens with zero attached hydrogens (tertiary/aromatic N) is 2. The molecular weight excluding hydrogens is 316 g/mol. The van der Waals surface area contributed by atoms with Crippen LogP contribution < -0.4 is 22.5 Å². The summed E-state index contributed by atoms with van der Waals surface area (Å²) >= 11 is 5.77. The lowest BCUT2D eigenvalue weighted by Gasteiger charge is -2.16. The van der Waals surface area contributed by atoms with Crippen LogP contribution in [0.5, 0.6) is 0 Å². The third kappa shape index (κ3) is 4.54. The molecule has 0 fully saturated rings. The lowest BCUT2D eigenvalue weighted by Crippen LogP contribution is -2.34. The van der Waals surface area contributed by atoms with Gasteiger partial charge < -0.3 is 22.5 Å². The molecule has 0 spiro atoms. The highest BCUT2D eigenvalue weighted by atomic mass is 35.5. The maximum Gasteiger partial charge on any atom is 0.273 e. The lowest BCUT2D eigenvalue weighted by molar-refractivity contribution is 0.0943. The first kappa shape index (κ1) is 17.0. The predicted octanol–water partition coefficient (Wildman–Crippen LogP) is 0.842. The summed E-state index contributed by atoms with van der Waals surface area (Å²) in [5.41, 5.74) is 18.0. The minimum atomic E-state index is -0.455. The maximum atomic E-state index is 12.2. The average molecular weight is 335 g/mol. The number of anilines is 2. The normalized spacial score (nSPS) is 11.9. The molecule has 1 aromatic heterocycles. The zero-order chi connectivity index (χ0) is 16.8. The Morgan fingerprint density at radius 2 is 1.87 bits per heavy atom. The van der Waals surface area contributed by atoms with E-state index >= 15 is 0 Å². The van der Waals surface area contributed by atoms with Gasteiger partial charge in [-0.15, -0.1) is 0 Å². The van der Waals surface area contributed by atoms with Crippen LogP contribution in [0.3, 0.4) is 0 Å². The highest BCUT2D eigenvalue weighted by Gasteiger charge is 2.17. The summed E-state index contributed by atoms with van der Waals surface area (Å²) in [6.45, 7) is 0.839. The first-order valence-electron chi connectivity index (χ1n) is 7.12. The van der Waals surface area contributed by atoms with Crippen LogP contribution >= 0.6 is 11.6 Å². The van der Waals surface area contributed by atoms with Gasteiger partial charge in [0.25, 0.3) is 5.91 Å².